The molecule has 38 heavy (non-hydrogen) atoms. The number of hydrogen-bond donors (Lipinski definition) is 1. The van der Waals surface area contributed by atoms with Crippen LogP contribution in [-0.4, -0.2) is 53.2 Å². The average molecular weight is 518 g/mol. The van der Waals surface area contributed by atoms with Gasteiger partial charge in [-0.25, -0.2) is 9.07 Å². The summed E-state index contributed by atoms with van der Waals surface area (Å²) < 4.78 is 27.6. The molecule has 1 aromatic heterocycles. The molecular weight excluding hydrogens is 489 g/mol. The average Bonchev–Trinajstić information content (AvgIpc) is 3.61. The summed E-state index contributed by atoms with van der Waals surface area (Å²) >= 11 is 0. The van der Waals surface area contributed by atoms with Crippen molar-refractivity contribution in [2.75, 3.05) is 25.2 Å². The predicted octanol–water partition coefficient (Wildman–Crippen LogP) is 3.65. The van der Waals surface area contributed by atoms with Crippen LogP contribution in [-0.2, 0) is 20.9 Å². The molecule has 4 aromatic rings. The zero-order valence-electron chi connectivity index (χ0n) is 20.9. The van der Waals surface area contributed by atoms with E-state index < -0.39 is 23.7 Å². The third kappa shape index (κ3) is 5.35. The van der Waals surface area contributed by atoms with E-state index in [9.17, 15) is 9.59 Å². The van der Waals surface area contributed by atoms with Gasteiger partial charge < -0.3 is 14.8 Å². The minimum Gasteiger partial charge on any atom is -0.497 e. The molecule has 0 unspecified atom stereocenters. The zero-order valence-corrected chi connectivity index (χ0v) is 20.9. The van der Waals surface area contributed by atoms with E-state index >= 15 is 4.39 Å². The van der Waals surface area contributed by atoms with Gasteiger partial charge in [-0.1, -0.05) is 35.5 Å². The first-order valence-electron chi connectivity index (χ1n) is 12.4. The van der Waals surface area contributed by atoms with Gasteiger partial charge in [0.15, 0.2) is 0 Å². The molecule has 10 heteroatoms. The lowest BCUT2D eigenvalue weighted by Gasteiger charge is -2.32. The lowest BCUT2D eigenvalue weighted by Crippen LogP contribution is -2.47. The number of aromatic nitrogens is 3. The smallest absolute Gasteiger partial charge is 0.249 e. The summed E-state index contributed by atoms with van der Waals surface area (Å²) in [5, 5.41) is 11.1. The fraction of sp³-hybridized carbons (Fsp3) is 0.286. The van der Waals surface area contributed by atoms with Gasteiger partial charge in [0.1, 0.15) is 29.7 Å². The molecule has 1 N–H and O–H groups in total. The second-order valence-electron chi connectivity index (χ2n) is 9.00. The van der Waals surface area contributed by atoms with Crippen molar-refractivity contribution < 1.29 is 23.5 Å². The number of rotatable bonds is 9. The first-order chi connectivity index (χ1) is 18.5. The van der Waals surface area contributed by atoms with Crippen molar-refractivity contribution >= 4 is 28.5 Å². The Labute approximate surface area is 219 Å². The minimum absolute atomic E-state index is 0.0740. The maximum absolute atomic E-state index is 15.2. The Morgan fingerprint density at radius 1 is 1.13 bits per heavy atom. The summed E-state index contributed by atoms with van der Waals surface area (Å²) in [7, 11) is 1.54. The largest absolute Gasteiger partial charge is 0.497 e. The predicted molar refractivity (Wildman–Crippen MR) is 139 cm³/mol. The van der Waals surface area contributed by atoms with Crippen LogP contribution in [0.4, 0.5) is 10.1 Å². The second kappa shape index (κ2) is 11.4. The maximum Gasteiger partial charge on any atom is 0.249 e. The fourth-order valence-corrected chi connectivity index (χ4v) is 4.63. The highest BCUT2D eigenvalue weighted by atomic mass is 19.1. The number of halogens is 1. The number of anilines is 1. The monoisotopic (exact) mass is 517 g/mol. The van der Waals surface area contributed by atoms with Gasteiger partial charge in [-0.3, -0.25) is 14.5 Å². The second-order valence-corrected chi connectivity index (χ2v) is 9.00. The third-order valence-electron chi connectivity index (χ3n) is 6.56. The standard InChI is InChI=1S/C28H28FN5O4/c1-37-20-14-12-19(13-15-20)34(26(35)18-33-25-11-5-4-10-24(25)31-32-33)27(22-8-2-3-9-23(22)29)28(36)30-17-21-7-6-16-38-21/h2-5,8-15,21,27H,6-7,16-18H2,1H3,(H,30,36)/t21-,27-/m0/s1. The summed E-state index contributed by atoms with van der Waals surface area (Å²) in [6.45, 7) is 0.693. The van der Waals surface area contributed by atoms with Gasteiger partial charge >= 0.3 is 0 Å². The molecule has 1 fully saturated rings. The molecule has 2 atom stereocenters. The maximum atomic E-state index is 15.2. The molecule has 196 valence electrons. The Morgan fingerprint density at radius 2 is 1.89 bits per heavy atom. The molecule has 2 amide bonds. The molecule has 1 aliphatic heterocycles. The van der Waals surface area contributed by atoms with E-state index in [4.69, 9.17) is 9.47 Å². The van der Waals surface area contributed by atoms with Crippen LogP contribution in [0, 0.1) is 5.82 Å². The number of ether oxygens (including phenoxy) is 2. The van der Waals surface area contributed by atoms with Gasteiger partial charge in [-0.05, 0) is 55.3 Å². The Balaban J connectivity index is 1.55. The first kappa shape index (κ1) is 25.3. The van der Waals surface area contributed by atoms with Crippen molar-refractivity contribution in [1.82, 2.24) is 20.3 Å². The Morgan fingerprint density at radius 3 is 2.63 bits per heavy atom. The normalized spacial score (nSPS) is 15.8. The van der Waals surface area contributed by atoms with Crippen molar-refractivity contribution in [1.29, 1.82) is 0 Å². The van der Waals surface area contributed by atoms with Crippen molar-refractivity contribution in [3.8, 4) is 5.75 Å². The Bertz CT molecular complexity index is 1420. The lowest BCUT2D eigenvalue weighted by molar-refractivity contribution is -0.127. The number of amides is 2. The molecule has 2 heterocycles. The number of nitrogens with zero attached hydrogens (tertiary/aromatic N) is 4. The highest BCUT2D eigenvalue weighted by Gasteiger charge is 2.35. The number of hydrogen-bond acceptors (Lipinski definition) is 6. The highest BCUT2D eigenvalue weighted by molar-refractivity contribution is 6.01. The van der Waals surface area contributed by atoms with E-state index in [0.29, 0.717) is 29.1 Å². The van der Waals surface area contributed by atoms with Gasteiger partial charge in [0.2, 0.25) is 11.8 Å². The fourth-order valence-electron chi connectivity index (χ4n) is 4.63. The van der Waals surface area contributed by atoms with Gasteiger partial charge in [0.25, 0.3) is 0 Å². The molecule has 3 aromatic carbocycles. The molecule has 0 bridgehead atoms. The van der Waals surface area contributed by atoms with Crippen LogP contribution < -0.4 is 15.0 Å². The summed E-state index contributed by atoms with van der Waals surface area (Å²) in [6.07, 6.45) is 1.62. The Kier molecular flexibility index (Phi) is 7.60. The topological polar surface area (TPSA) is 98.6 Å². The van der Waals surface area contributed by atoms with Crippen LogP contribution in [0.25, 0.3) is 11.0 Å². The summed E-state index contributed by atoms with van der Waals surface area (Å²) in [5.74, 6) is -1.000. The number of nitrogens with one attached hydrogen (secondary N) is 1. The Hall–Kier alpha value is -4.31. The lowest BCUT2D eigenvalue weighted by atomic mass is 10.0. The number of fused-ring (bicyclic) bond motifs is 1. The van der Waals surface area contributed by atoms with Crippen LogP contribution >= 0.6 is 0 Å². The van der Waals surface area contributed by atoms with Gasteiger partial charge in [-0.2, -0.15) is 0 Å². The van der Waals surface area contributed by atoms with Crippen LogP contribution in [0.3, 0.4) is 0 Å². The van der Waals surface area contributed by atoms with E-state index in [1.807, 2.05) is 18.2 Å². The minimum atomic E-state index is -1.28. The molecule has 5 rings (SSSR count). The quantitative estimate of drug-likeness (QED) is 0.364. The number of benzene rings is 3. The van der Waals surface area contributed by atoms with Gasteiger partial charge in [-0.15, -0.1) is 5.10 Å². The SMILES string of the molecule is COc1ccc(N(C(=O)Cn2nnc3ccccc32)[C@H](C(=O)NC[C@@H]2CCCO2)c2ccccc2F)cc1. The van der Waals surface area contributed by atoms with Crippen LogP contribution in [0.5, 0.6) is 5.75 Å². The number of carbonyl (C=O) groups is 2. The van der Waals surface area contributed by atoms with Crippen molar-refractivity contribution in [2.45, 2.75) is 31.5 Å². The van der Waals surface area contributed by atoms with E-state index in [1.54, 1.807) is 42.5 Å². The van der Waals surface area contributed by atoms with Crippen molar-refractivity contribution in [3.05, 3.63) is 84.2 Å². The van der Waals surface area contributed by atoms with E-state index in [-0.39, 0.29) is 24.8 Å². The molecule has 0 aliphatic carbocycles. The van der Waals surface area contributed by atoms with Crippen LogP contribution in [0.2, 0.25) is 0 Å². The number of methoxy groups -OCH3 is 1. The third-order valence-corrected chi connectivity index (χ3v) is 6.56. The van der Waals surface area contributed by atoms with Crippen LogP contribution in [0.1, 0.15) is 24.4 Å². The molecule has 0 radical (unpaired) electrons. The van der Waals surface area contributed by atoms with E-state index in [0.717, 1.165) is 12.8 Å². The van der Waals surface area contributed by atoms with Crippen molar-refractivity contribution in [2.24, 2.45) is 0 Å². The number of carbonyl (C=O) groups excluding carboxylic acids is 2. The zero-order chi connectivity index (χ0) is 26.5. The van der Waals surface area contributed by atoms with Gasteiger partial charge in [0.05, 0.1) is 18.7 Å². The molecule has 1 aliphatic rings. The highest BCUT2D eigenvalue weighted by Crippen LogP contribution is 2.31. The molecule has 0 spiro atoms. The van der Waals surface area contributed by atoms with Crippen LogP contribution in [0.15, 0.2) is 72.8 Å². The summed E-state index contributed by atoms with van der Waals surface area (Å²) in [4.78, 5) is 29.0. The summed E-state index contributed by atoms with van der Waals surface area (Å²) in [5.41, 5.74) is 1.78. The molecule has 0 saturated carbocycles. The van der Waals surface area contributed by atoms with Gasteiger partial charge in [0, 0.05) is 24.4 Å². The van der Waals surface area contributed by atoms with E-state index in [1.165, 1.54) is 28.8 Å². The molecular formula is C28H28FN5O4. The first-order valence-corrected chi connectivity index (χ1v) is 12.4. The van der Waals surface area contributed by atoms with E-state index in [2.05, 4.69) is 15.6 Å². The molecule has 1 saturated heterocycles. The summed E-state index contributed by atoms with van der Waals surface area (Å²) in [6, 6.07) is 18.6. The number of para-hydroxylation sites is 1. The molecule has 9 nitrogen and oxygen atoms in total. The van der Waals surface area contributed by atoms with Crippen molar-refractivity contribution in [3.63, 3.8) is 0 Å².